The number of fused-ring (bicyclic) bond motifs is 1. The Morgan fingerprint density at radius 1 is 1.00 bits per heavy atom. The molecule has 0 aliphatic carbocycles. The van der Waals surface area contributed by atoms with Gasteiger partial charge in [-0.15, -0.1) is 0 Å². The fourth-order valence-corrected chi connectivity index (χ4v) is 3.55. The molecule has 7 heteroatoms. The molecule has 0 atom stereocenters. The Morgan fingerprint density at radius 2 is 1.76 bits per heavy atom. The minimum Gasteiger partial charge on any atom is -0.492 e. The lowest BCUT2D eigenvalue weighted by molar-refractivity contribution is 0.303. The van der Waals surface area contributed by atoms with Gasteiger partial charge in [-0.3, -0.25) is 0 Å². The van der Waals surface area contributed by atoms with E-state index in [1.807, 2.05) is 22.8 Å². The van der Waals surface area contributed by atoms with E-state index in [4.69, 9.17) is 33.7 Å². The van der Waals surface area contributed by atoms with E-state index in [9.17, 15) is 4.39 Å². The summed E-state index contributed by atoms with van der Waals surface area (Å²) in [7, 11) is 0. The van der Waals surface area contributed by atoms with Crippen molar-refractivity contribution in [3.8, 4) is 16.9 Å². The molecule has 2 N–H and O–H groups in total. The van der Waals surface area contributed by atoms with Gasteiger partial charge in [0.1, 0.15) is 16.6 Å². The van der Waals surface area contributed by atoms with Gasteiger partial charge in [-0.1, -0.05) is 47.5 Å². The molecule has 148 valence electrons. The number of halogens is 3. The van der Waals surface area contributed by atoms with Gasteiger partial charge in [-0.2, -0.15) is 0 Å². The highest BCUT2D eigenvalue weighted by Crippen LogP contribution is 2.31. The van der Waals surface area contributed by atoms with Gasteiger partial charge in [0.25, 0.3) is 0 Å². The molecule has 1 heterocycles. The Bertz CT molecular complexity index is 1160. The molecule has 3 aromatic carbocycles. The Morgan fingerprint density at radius 3 is 2.55 bits per heavy atom. The van der Waals surface area contributed by atoms with E-state index >= 15 is 0 Å². The van der Waals surface area contributed by atoms with Crippen molar-refractivity contribution in [2.45, 2.75) is 13.0 Å². The Labute approximate surface area is 177 Å². The molecule has 0 unspecified atom stereocenters. The van der Waals surface area contributed by atoms with Crippen LogP contribution in [0.3, 0.4) is 0 Å². The van der Waals surface area contributed by atoms with Crippen molar-refractivity contribution < 1.29 is 9.13 Å². The molecule has 0 saturated carbocycles. The van der Waals surface area contributed by atoms with Crippen molar-refractivity contribution in [1.82, 2.24) is 9.55 Å². The number of benzene rings is 3. The summed E-state index contributed by atoms with van der Waals surface area (Å²) in [5.41, 5.74) is 9.74. The summed E-state index contributed by atoms with van der Waals surface area (Å²) in [6, 6.07) is 17.6. The van der Waals surface area contributed by atoms with Crippen molar-refractivity contribution in [3.63, 3.8) is 0 Å². The van der Waals surface area contributed by atoms with Crippen LogP contribution < -0.4 is 10.5 Å². The van der Waals surface area contributed by atoms with Gasteiger partial charge in [0.05, 0.1) is 22.7 Å². The van der Waals surface area contributed by atoms with Gasteiger partial charge in [0, 0.05) is 6.54 Å². The molecular formula is C22H18Cl2FN3O. The molecular weight excluding hydrogens is 412 g/mol. The Hall–Kier alpha value is -2.76. The number of aromatic nitrogens is 2. The lowest BCUT2D eigenvalue weighted by atomic mass is 10.1. The normalized spacial score (nSPS) is 11.1. The zero-order chi connectivity index (χ0) is 20.4. The average molecular weight is 430 g/mol. The second kappa shape index (κ2) is 8.31. The van der Waals surface area contributed by atoms with E-state index < -0.39 is 0 Å². The van der Waals surface area contributed by atoms with Crippen molar-refractivity contribution in [3.05, 3.63) is 76.5 Å². The molecule has 29 heavy (non-hydrogen) atoms. The molecule has 0 saturated heterocycles. The second-order valence-corrected chi connectivity index (χ2v) is 7.37. The zero-order valence-corrected chi connectivity index (χ0v) is 16.9. The molecule has 0 spiro atoms. The van der Waals surface area contributed by atoms with Crippen LogP contribution in [0.15, 0.2) is 60.7 Å². The van der Waals surface area contributed by atoms with Crippen LogP contribution >= 0.6 is 23.2 Å². The molecule has 0 aliphatic heterocycles. The fourth-order valence-electron chi connectivity index (χ4n) is 3.21. The van der Waals surface area contributed by atoms with Crippen LogP contribution in [-0.4, -0.2) is 16.2 Å². The van der Waals surface area contributed by atoms with Crippen molar-refractivity contribution >= 4 is 40.2 Å². The van der Waals surface area contributed by atoms with Gasteiger partial charge < -0.3 is 15.0 Å². The predicted octanol–water partition coefficient (Wildman–Crippen LogP) is 6.20. The first kappa shape index (κ1) is 19.6. The number of hydrogen-bond donors (Lipinski definition) is 1. The maximum Gasteiger partial charge on any atom is 0.201 e. The highest BCUT2D eigenvalue weighted by atomic mass is 35.5. The van der Waals surface area contributed by atoms with Crippen LogP contribution in [0.5, 0.6) is 5.75 Å². The highest BCUT2D eigenvalue weighted by molar-refractivity contribution is 6.42. The molecule has 0 radical (unpaired) electrons. The maximum absolute atomic E-state index is 13.2. The van der Waals surface area contributed by atoms with Crippen LogP contribution in [0.25, 0.3) is 22.2 Å². The van der Waals surface area contributed by atoms with Gasteiger partial charge in [-0.05, 0) is 53.9 Å². The van der Waals surface area contributed by atoms with Gasteiger partial charge >= 0.3 is 0 Å². The van der Waals surface area contributed by atoms with Crippen molar-refractivity contribution in [2.24, 2.45) is 0 Å². The standard InChI is InChI=1S/C22H18Cl2FN3O/c23-17-3-1-4-20(21(17)24)29-12-2-11-28-19-10-7-15(13-18(19)27-22(28)26)14-5-8-16(25)9-6-14/h1,3-10,13H,2,11-12H2,(H2,26,27). The summed E-state index contributed by atoms with van der Waals surface area (Å²) in [6.45, 7) is 1.11. The Balaban J connectivity index is 1.47. The highest BCUT2D eigenvalue weighted by Gasteiger charge is 2.10. The molecule has 4 aromatic rings. The van der Waals surface area contributed by atoms with Crippen LogP contribution in [0.1, 0.15) is 6.42 Å². The molecule has 0 bridgehead atoms. The molecule has 1 aromatic heterocycles. The third-order valence-corrected chi connectivity index (χ3v) is 5.46. The van der Waals surface area contributed by atoms with Crippen molar-refractivity contribution in [2.75, 3.05) is 12.3 Å². The van der Waals surface area contributed by atoms with Gasteiger partial charge in [-0.25, -0.2) is 9.37 Å². The van der Waals surface area contributed by atoms with E-state index in [1.54, 1.807) is 30.3 Å². The minimum absolute atomic E-state index is 0.260. The molecule has 0 aliphatic rings. The number of nitrogens with zero attached hydrogens (tertiary/aromatic N) is 2. The Kier molecular flexibility index (Phi) is 5.60. The smallest absolute Gasteiger partial charge is 0.201 e. The number of hydrogen-bond acceptors (Lipinski definition) is 3. The molecule has 4 rings (SSSR count). The first-order valence-electron chi connectivity index (χ1n) is 9.11. The number of nitrogens with two attached hydrogens (primary N) is 1. The topological polar surface area (TPSA) is 53.1 Å². The van der Waals surface area contributed by atoms with Crippen LogP contribution in [-0.2, 0) is 6.54 Å². The summed E-state index contributed by atoms with van der Waals surface area (Å²) in [6.07, 6.45) is 0.720. The summed E-state index contributed by atoms with van der Waals surface area (Å²) in [5.74, 6) is 0.744. The van der Waals surface area contributed by atoms with Crippen LogP contribution in [0.4, 0.5) is 10.3 Å². The van der Waals surface area contributed by atoms with E-state index in [0.29, 0.717) is 34.9 Å². The number of nitrogen functional groups attached to an aromatic ring is 1. The third-order valence-electron chi connectivity index (χ3n) is 4.66. The number of anilines is 1. The van der Waals surface area contributed by atoms with E-state index in [-0.39, 0.29) is 5.82 Å². The number of ether oxygens (including phenoxy) is 1. The number of rotatable bonds is 6. The van der Waals surface area contributed by atoms with E-state index in [1.165, 1.54) is 12.1 Å². The largest absolute Gasteiger partial charge is 0.492 e. The first-order chi connectivity index (χ1) is 14.0. The third kappa shape index (κ3) is 4.16. The van der Waals surface area contributed by atoms with Crippen LogP contribution in [0.2, 0.25) is 10.0 Å². The van der Waals surface area contributed by atoms with Crippen molar-refractivity contribution in [1.29, 1.82) is 0 Å². The van der Waals surface area contributed by atoms with E-state index in [0.717, 1.165) is 28.6 Å². The number of imidazole rings is 1. The monoisotopic (exact) mass is 429 g/mol. The van der Waals surface area contributed by atoms with Gasteiger partial charge in [0.15, 0.2) is 0 Å². The maximum atomic E-state index is 13.2. The lowest BCUT2D eigenvalue weighted by Crippen LogP contribution is -2.07. The molecule has 4 nitrogen and oxygen atoms in total. The summed E-state index contributed by atoms with van der Waals surface area (Å²) >= 11 is 12.1. The predicted molar refractivity (Wildman–Crippen MR) is 116 cm³/mol. The molecule has 0 fully saturated rings. The summed E-state index contributed by atoms with van der Waals surface area (Å²) in [4.78, 5) is 4.47. The summed E-state index contributed by atoms with van der Waals surface area (Å²) < 4.78 is 20.8. The van der Waals surface area contributed by atoms with Crippen LogP contribution in [0, 0.1) is 5.82 Å². The van der Waals surface area contributed by atoms with Gasteiger partial charge in [0.2, 0.25) is 5.95 Å². The average Bonchev–Trinajstić information content (AvgIpc) is 3.03. The minimum atomic E-state index is -0.260. The van der Waals surface area contributed by atoms with E-state index in [2.05, 4.69) is 4.98 Å². The SMILES string of the molecule is Nc1nc2cc(-c3ccc(F)cc3)ccc2n1CCCOc1cccc(Cl)c1Cl. The molecule has 0 amide bonds. The lowest BCUT2D eigenvalue weighted by Gasteiger charge is -2.10. The zero-order valence-electron chi connectivity index (χ0n) is 15.4. The first-order valence-corrected chi connectivity index (χ1v) is 9.87. The fraction of sp³-hybridized carbons (Fsp3) is 0.136. The number of aryl methyl sites for hydroxylation is 1. The summed E-state index contributed by atoms with van der Waals surface area (Å²) in [5, 5.41) is 0.876. The quantitative estimate of drug-likeness (QED) is 0.371. The second-order valence-electron chi connectivity index (χ2n) is 6.59.